The van der Waals surface area contributed by atoms with Gasteiger partial charge in [-0.25, -0.2) is 0 Å². The fraction of sp³-hybridized carbons (Fsp3) is 0.125. The van der Waals surface area contributed by atoms with Crippen molar-refractivity contribution in [1.29, 1.82) is 0 Å². The predicted octanol–water partition coefficient (Wildman–Crippen LogP) is 5.64. The number of para-hydroxylation sites is 2. The lowest BCUT2D eigenvalue weighted by Gasteiger charge is -2.08. The number of furan rings is 1. The fourth-order valence-electron chi connectivity index (χ4n) is 3.19. The van der Waals surface area contributed by atoms with Gasteiger partial charge in [0.05, 0.1) is 0 Å². The molecule has 4 aromatic rings. The van der Waals surface area contributed by atoms with Crippen LogP contribution in [0.1, 0.15) is 21.7 Å². The number of rotatable bonds is 7. The second-order valence-electron chi connectivity index (χ2n) is 6.64. The SMILES string of the molecule is O=C(NCCc1cccc(Cl)c1)c1oc2ccccc2c1COc1ccccc1. The van der Waals surface area contributed by atoms with E-state index in [0.717, 1.165) is 22.3 Å². The first-order valence-corrected chi connectivity index (χ1v) is 9.79. The number of halogens is 1. The molecule has 0 radical (unpaired) electrons. The number of carbonyl (C=O) groups excluding carboxylic acids is 1. The van der Waals surface area contributed by atoms with E-state index < -0.39 is 0 Å². The first-order chi connectivity index (χ1) is 14.2. The van der Waals surface area contributed by atoms with Crippen LogP contribution in [0, 0.1) is 0 Å². The van der Waals surface area contributed by atoms with Gasteiger partial charge in [-0.1, -0.05) is 60.1 Å². The molecule has 1 N–H and O–H groups in total. The highest BCUT2D eigenvalue weighted by Gasteiger charge is 2.20. The first kappa shape index (κ1) is 19.1. The summed E-state index contributed by atoms with van der Waals surface area (Å²) in [6, 6.07) is 24.7. The van der Waals surface area contributed by atoms with Gasteiger partial charge in [0.2, 0.25) is 0 Å². The molecule has 0 fully saturated rings. The summed E-state index contributed by atoms with van der Waals surface area (Å²) >= 11 is 6.02. The van der Waals surface area contributed by atoms with Crippen molar-refractivity contribution in [2.24, 2.45) is 0 Å². The van der Waals surface area contributed by atoms with Crippen LogP contribution in [0.3, 0.4) is 0 Å². The first-order valence-electron chi connectivity index (χ1n) is 9.41. The number of carbonyl (C=O) groups is 1. The van der Waals surface area contributed by atoms with Gasteiger partial charge in [-0.05, 0) is 42.3 Å². The molecular formula is C24H20ClNO3. The maximum atomic E-state index is 12.8. The Kier molecular flexibility index (Phi) is 5.82. The van der Waals surface area contributed by atoms with E-state index in [1.165, 1.54) is 0 Å². The molecule has 4 rings (SSSR count). The van der Waals surface area contributed by atoms with Gasteiger partial charge >= 0.3 is 0 Å². The number of ether oxygens (including phenoxy) is 1. The van der Waals surface area contributed by atoms with Gasteiger partial charge in [0.25, 0.3) is 5.91 Å². The van der Waals surface area contributed by atoms with Crippen molar-refractivity contribution >= 4 is 28.5 Å². The zero-order valence-electron chi connectivity index (χ0n) is 15.7. The molecule has 1 aromatic heterocycles. The summed E-state index contributed by atoms with van der Waals surface area (Å²) in [5.41, 5.74) is 2.47. The highest BCUT2D eigenvalue weighted by atomic mass is 35.5. The minimum Gasteiger partial charge on any atom is -0.489 e. The minimum absolute atomic E-state index is 0.248. The van der Waals surface area contributed by atoms with E-state index in [2.05, 4.69) is 5.32 Å². The monoisotopic (exact) mass is 405 g/mol. The molecule has 0 saturated heterocycles. The van der Waals surface area contributed by atoms with Crippen molar-refractivity contribution in [3.63, 3.8) is 0 Å². The highest BCUT2D eigenvalue weighted by Crippen LogP contribution is 2.27. The van der Waals surface area contributed by atoms with Crippen LogP contribution in [-0.4, -0.2) is 12.5 Å². The lowest BCUT2D eigenvalue weighted by molar-refractivity contribution is 0.0925. The van der Waals surface area contributed by atoms with E-state index >= 15 is 0 Å². The van der Waals surface area contributed by atoms with Crippen molar-refractivity contribution < 1.29 is 13.9 Å². The number of hydrogen-bond acceptors (Lipinski definition) is 3. The molecule has 29 heavy (non-hydrogen) atoms. The van der Waals surface area contributed by atoms with E-state index in [1.54, 1.807) is 0 Å². The molecule has 5 heteroatoms. The molecule has 4 nitrogen and oxygen atoms in total. The number of nitrogens with one attached hydrogen (secondary N) is 1. The van der Waals surface area contributed by atoms with E-state index in [-0.39, 0.29) is 18.3 Å². The van der Waals surface area contributed by atoms with E-state index in [9.17, 15) is 4.79 Å². The van der Waals surface area contributed by atoms with Gasteiger partial charge in [0.15, 0.2) is 5.76 Å². The topological polar surface area (TPSA) is 51.5 Å². The quantitative estimate of drug-likeness (QED) is 0.433. The summed E-state index contributed by atoms with van der Waals surface area (Å²) in [4.78, 5) is 12.8. The average molecular weight is 406 g/mol. The zero-order chi connectivity index (χ0) is 20.1. The van der Waals surface area contributed by atoms with E-state index in [1.807, 2.05) is 78.9 Å². The van der Waals surface area contributed by atoms with Crippen LogP contribution in [0.15, 0.2) is 83.3 Å². The van der Waals surface area contributed by atoms with Crippen molar-refractivity contribution in [3.8, 4) is 5.75 Å². The number of benzene rings is 3. The maximum Gasteiger partial charge on any atom is 0.287 e. The maximum absolute atomic E-state index is 12.8. The summed E-state index contributed by atoms with van der Waals surface area (Å²) in [6.45, 7) is 0.729. The summed E-state index contributed by atoms with van der Waals surface area (Å²) in [6.07, 6.45) is 0.683. The van der Waals surface area contributed by atoms with E-state index in [4.69, 9.17) is 20.8 Å². The molecule has 0 unspecified atom stereocenters. The van der Waals surface area contributed by atoms with Crippen molar-refractivity contribution in [2.45, 2.75) is 13.0 Å². The third-order valence-electron chi connectivity index (χ3n) is 4.62. The number of fused-ring (bicyclic) bond motifs is 1. The molecule has 0 bridgehead atoms. The lowest BCUT2D eigenvalue weighted by atomic mass is 10.1. The zero-order valence-corrected chi connectivity index (χ0v) is 16.5. The summed E-state index contributed by atoms with van der Waals surface area (Å²) in [7, 11) is 0. The van der Waals surface area contributed by atoms with Crippen molar-refractivity contribution in [2.75, 3.05) is 6.54 Å². The Morgan fingerprint density at radius 1 is 0.966 bits per heavy atom. The van der Waals surface area contributed by atoms with Crippen molar-refractivity contribution in [3.05, 3.63) is 101 Å². The van der Waals surface area contributed by atoms with Gasteiger partial charge in [-0.3, -0.25) is 4.79 Å². The summed E-state index contributed by atoms with van der Waals surface area (Å²) in [5, 5.41) is 4.50. The molecule has 0 spiro atoms. The predicted molar refractivity (Wildman–Crippen MR) is 114 cm³/mol. The third kappa shape index (κ3) is 4.61. The number of amides is 1. The van der Waals surface area contributed by atoms with Crippen LogP contribution in [0.2, 0.25) is 5.02 Å². The van der Waals surface area contributed by atoms with Crippen molar-refractivity contribution in [1.82, 2.24) is 5.32 Å². The van der Waals surface area contributed by atoms with Crippen LogP contribution in [0.25, 0.3) is 11.0 Å². The van der Waals surface area contributed by atoms with Crippen LogP contribution in [0.5, 0.6) is 5.75 Å². The lowest BCUT2D eigenvalue weighted by Crippen LogP contribution is -2.26. The van der Waals surface area contributed by atoms with Gasteiger partial charge in [-0.2, -0.15) is 0 Å². The smallest absolute Gasteiger partial charge is 0.287 e. The molecule has 3 aromatic carbocycles. The second kappa shape index (κ2) is 8.84. The molecule has 0 aliphatic carbocycles. The van der Waals surface area contributed by atoms with Gasteiger partial charge in [0.1, 0.15) is 17.9 Å². The number of hydrogen-bond donors (Lipinski definition) is 1. The molecule has 1 amide bonds. The molecule has 0 aliphatic heterocycles. The Labute approximate surface area is 174 Å². The van der Waals surface area contributed by atoms with Gasteiger partial charge in [0, 0.05) is 22.5 Å². The highest BCUT2D eigenvalue weighted by molar-refractivity contribution is 6.30. The Morgan fingerprint density at radius 2 is 1.76 bits per heavy atom. The molecular weight excluding hydrogens is 386 g/mol. The Morgan fingerprint density at radius 3 is 2.59 bits per heavy atom. The van der Waals surface area contributed by atoms with Crippen LogP contribution >= 0.6 is 11.6 Å². The largest absolute Gasteiger partial charge is 0.489 e. The molecule has 0 atom stereocenters. The van der Waals surface area contributed by atoms with Crippen LogP contribution in [-0.2, 0) is 13.0 Å². The second-order valence-corrected chi connectivity index (χ2v) is 7.08. The standard InChI is InChI=1S/C24H20ClNO3/c25-18-8-6-7-17(15-18)13-14-26-24(27)23-21(16-28-19-9-2-1-3-10-19)20-11-4-5-12-22(20)29-23/h1-12,15H,13-14,16H2,(H,26,27). The minimum atomic E-state index is -0.255. The molecule has 0 aliphatic rings. The average Bonchev–Trinajstić information content (AvgIpc) is 3.12. The summed E-state index contributed by atoms with van der Waals surface area (Å²) in [5.74, 6) is 0.771. The molecule has 1 heterocycles. The van der Waals surface area contributed by atoms with Crippen LogP contribution < -0.4 is 10.1 Å². The van der Waals surface area contributed by atoms with Gasteiger partial charge in [-0.15, -0.1) is 0 Å². The third-order valence-corrected chi connectivity index (χ3v) is 4.85. The van der Waals surface area contributed by atoms with E-state index in [0.29, 0.717) is 23.6 Å². The van der Waals surface area contributed by atoms with Crippen LogP contribution in [0.4, 0.5) is 0 Å². The Balaban J connectivity index is 1.50. The molecule has 146 valence electrons. The Bertz CT molecular complexity index is 1120. The summed E-state index contributed by atoms with van der Waals surface area (Å²) < 4.78 is 11.7. The normalized spacial score (nSPS) is 10.8. The fourth-order valence-corrected chi connectivity index (χ4v) is 3.40. The molecule has 0 saturated carbocycles. The Hall–Kier alpha value is -3.24. The van der Waals surface area contributed by atoms with Gasteiger partial charge < -0.3 is 14.5 Å².